The van der Waals surface area contributed by atoms with Crippen LogP contribution in [0.25, 0.3) is 16.6 Å². The van der Waals surface area contributed by atoms with E-state index in [1.165, 1.54) is 17.2 Å². The third kappa shape index (κ3) is 3.01. The molecule has 6 heteroatoms. The molecule has 29 heavy (non-hydrogen) atoms. The quantitative estimate of drug-likeness (QED) is 0.588. The number of para-hydroxylation sites is 1. The van der Waals surface area contributed by atoms with Gasteiger partial charge in [0.1, 0.15) is 6.54 Å². The van der Waals surface area contributed by atoms with E-state index in [2.05, 4.69) is 28.5 Å². The molecule has 1 atom stereocenters. The van der Waals surface area contributed by atoms with E-state index in [4.69, 9.17) is 0 Å². The van der Waals surface area contributed by atoms with Crippen molar-refractivity contribution in [1.29, 1.82) is 0 Å². The SMILES string of the molecule is Cc1cc(=O)nc2c3ccccc3n(CC(=O)N[C@@H]3CCCc4ccccc43)n12. The van der Waals surface area contributed by atoms with Crippen molar-refractivity contribution < 1.29 is 4.79 Å². The van der Waals surface area contributed by atoms with Crippen LogP contribution in [0.2, 0.25) is 0 Å². The summed E-state index contributed by atoms with van der Waals surface area (Å²) in [5.41, 5.74) is 4.49. The Kier molecular flexibility index (Phi) is 4.19. The molecule has 0 saturated heterocycles. The average molecular weight is 386 g/mol. The van der Waals surface area contributed by atoms with Crippen LogP contribution in [0.5, 0.6) is 0 Å². The highest BCUT2D eigenvalue weighted by molar-refractivity contribution is 5.93. The summed E-state index contributed by atoms with van der Waals surface area (Å²) >= 11 is 0. The maximum atomic E-state index is 13.0. The molecule has 1 aliphatic carbocycles. The molecule has 4 aromatic rings. The highest BCUT2D eigenvalue weighted by Gasteiger charge is 2.22. The number of nitrogens with zero attached hydrogens (tertiary/aromatic N) is 3. The molecular weight excluding hydrogens is 364 g/mol. The van der Waals surface area contributed by atoms with Crippen molar-refractivity contribution in [1.82, 2.24) is 19.5 Å². The summed E-state index contributed by atoms with van der Waals surface area (Å²) in [7, 11) is 0. The van der Waals surface area contributed by atoms with Crippen LogP contribution in [0, 0.1) is 6.92 Å². The van der Waals surface area contributed by atoms with Crippen molar-refractivity contribution >= 4 is 22.5 Å². The van der Waals surface area contributed by atoms with Crippen LogP contribution in [-0.4, -0.2) is 20.1 Å². The minimum Gasteiger partial charge on any atom is -0.348 e. The lowest BCUT2D eigenvalue weighted by molar-refractivity contribution is -0.122. The summed E-state index contributed by atoms with van der Waals surface area (Å²) in [6, 6.07) is 17.6. The van der Waals surface area contributed by atoms with E-state index in [0.29, 0.717) is 5.65 Å². The third-order valence-electron chi connectivity index (χ3n) is 5.75. The second-order valence-corrected chi connectivity index (χ2v) is 7.66. The van der Waals surface area contributed by atoms with Crippen LogP contribution in [-0.2, 0) is 17.8 Å². The van der Waals surface area contributed by atoms with Crippen molar-refractivity contribution in [3.05, 3.63) is 81.8 Å². The molecular formula is C23H22N4O2. The Morgan fingerprint density at radius 3 is 2.86 bits per heavy atom. The molecule has 1 N–H and O–H groups in total. The third-order valence-corrected chi connectivity index (χ3v) is 5.75. The van der Waals surface area contributed by atoms with E-state index >= 15 is 0 Å². The number of hydrogen-bond acceptors (Lipinski definition) is 3. The first-order chi connectivity index (χ1) is 14.1. The summed E-state index contributed by atoms with van der Waals surface area (Å²) in [5, 5.41) is 4.08. The predicted octanol–water partition coefficient (Wildman–Crippen LogP) is 3.15. The molecule has 2 aromatic carbocycles. The second kappa shape index (κ2) is 6.88. The number of rotatable bonds is 3. The topological polar surface area (TPSA) is 68.4 Å². The zero-order valence-corrected chi connectivity index (χ0v) is 16.3. The molecule has 6 nitrogen and oxygen atoms in total. The zero-order valence-electron chi connectivity index (χ0n) is 16.3. The molecule has 1 aliphatic rings. The number of benzene rings is 2. The minimum atomic E-state index is -0.270. The number of hydrogen-bond donors (Lipinski definition) is 1. The van der Waals surface area contributed by atoms with Gasteiger partial charge in [0.25, 0.3) is 5.56 Å². The molecule has 0 bridgehead atoms. The summed E-state index contributed by atoms with van der Waals surface area (Å²) in [5.74, 6) is -0.0487. The molecule has 0 spiro atoms. The van der Waals surface area contributed by atoms with Crippen LogP contribution in [0.15, 0.2) is 59.4 Å². The Morgan fingerprint density at radius 2 is 1.97 bits per heavy atom. The van der Waals surface area contributed by atoms with Gasteiger partial charge in [-0.3, -0.25) is 14.3 Å². The Labute approximate surface area is 167 Å². The molecule has 2 aromatic heterocycles. The van der Waals surface area contributed by atoms with Gasteiger partial charge in [-0.1, -0.05) is 36.4 Å². The van der Waals surface area contributed by atoms with Gasteiger partial charge in [-0.2, -0.15) is 4.98 Å². The first-order valence-corrected chi connectivity index (χ1v) is 9.97. The highest BCUT2D eigenvalue weighted by Crippen LogP contribution is 2.29. The Bertz CT molecular complexity index is 1300. The van der Waals surface area contributed by atoms with Gasteiger partial charge < -0.3 is 5.32 Å². The fourth-order valence-electron chi connectivity index (χ4n) is 4.50. The molecule has 0 aliphatic heterocycles. The van der Waals surface area contributed by atoms with Gasteiger partial charge >= 0.3 is 0 Å². The van der Waals surface area contributed by atoms with Crippen molar-refractivity contribution in [2.75, 3.05) is 0 Å². The Hall–Kier alpha value is -3.41. The number of carbonyl (C=O) groups is 1. The van der Waals surface area contributed by atoms with Crippen molar-refractivity contribution in [2.24, 2.45) is 0 Å². The predicted molar refractivity (Wildman–Crippen MR) is 112 cm³/mol. The van der Waals surface area contributed by atoms with Crippen LogP contribution < -0.4 is 10.9 Å². The summed E-state index contributed by atoms with van der Waals surface area (Å²) < 4.78 is 3.76. The summed E-state index contributed by atoms with van der Waals surface area (Å²) in [6.45, 7) is 2.02. The molecule has 0 radical (unpaired) electrons. The van der Waals surface area contributed by atoms with Crippen LogP contribution >= 0.6 is 0 Å². The molecule has 5 rings (SSSR count). The molecule has 1 amide bonds. The minimum absolute atomic E-state index is 0.0398. The first kappa shape index (κ1) is 17.7. The lowest BCUT2D eigenvalue weighted by atomic mass is 9.88. The standard InChI is InChI=1S/C23H22N4O2/c1-15-13-21(28)25-23-18-10-4-5-12-20(18)26(27(15)23)14-22(29)24-19-11-6-8-16-7-2-3-9-17(16)19/h2-5,7,9-10,12-13,19H,6,8,11,14H2,1H3,(H,24,29)/t19-/m1/s1. The van der Waals surface area contributed by atoms with E-state index in [1.54, 1.807) is 0 Å². The van der Waals surface area contributed by atoms with Crippen molar-refractivity contribution in [3.63, 3.8) is 0 Å². The maximum Gasteiger partial charge on any atom is 0.273 e. The number of aromatic nitrogens is 3. The van der Waals surface area contributed by atoms with Crippen LogP contribution in [0.1, 0.15) is 35.7 Å². The molecule has 146 valence electrons. The first-order valence-electron chi connectivity index (χ1n) is 9.97. The van der Waals surface area contributed by atoms with Gasteiger partial charge in [-0.25, -0.2) is 4.52 Å². The number of aryl methyl sites for hydroxylation is 2. The van der Waals surface area contributed by atoms with E-state index in [-0.39, 0.29) is 24.1 Å². The maximum absolute atomic E-state index is 13.0. The monoisotopic (exact) mass is 386 g/mol. The smallest absolute Gasteiger partial charge is 0.273 e. The van der Waals surface area contributed by atoms with Gasteiger partial charge in [0, 0.05) is 17.1 Å². The lowest BCUT2D eigenvalue weighted by Crippen LogP contribution is -2.34. The van der Waals surface area contributed by atoms with Gasteiger partial charge in [0.2, 0.25) is 5.91 Å². The molecule has 0 fully saturated rings. The molecule has 0 saturated carbocycles. The molecule has 0 unspecified atom stereocenters. The van der Waals surface area contributed by atoms with E-state index in [0.717, 1.165) is 35.9 Å². The van der Waals surface area contributed by atoms with Gasteiger partial charge in [0.15, 0.2) is 5.65 Å². The van der Waals surface area contributed by atoms with Gasteiger partial charge in [-0.05, 0) is 49.4 Å². The van der Waals surface area contributed by atoms with E-state index < -0.39 is 0 Å². The van der Waals surface area contributed by atoms with Gasteiger partial charge in [0.05, 0.1) is 11.6 Å². The zero-order chi connectivity index (χ0) is 20.0. The van der Waals surface area contributed by atoms with Crippen molar-refractivity contribution in [2.45, 2.75) is 38.8 Å². The highest BCUT2D eigenvalue weighted by atomic mass is 16.2. The number of carbonyl (C=O) groups excluding carboxylic acids is 1. The van der Waals surface area contributed by atoms with Crippen LogP contribution in [0.4, 0.5) is 0 Å². The molecule has 2 heterocycles. The van der Waals surface area contributed by atoms with Gasteiger partial charge in [-0.15, -0.1) is 0 Å². The van der Waals surface area contributed by atoms with Crippen molar-refractivity contribution in [3.8, 4) is 0 Å². The number of amides is 1. The van der Waals surface area contributed by atoms with Crippen LogP contribution in [0.3, 0.4) is 0 Å². The fourth-order valence-corrected chi connectivity index (χ4v) is 4.50. The number of fused-ring (bicyclic) bond motifs is 4. The lowest BCUT2D eigenvalue weighted by Gasteiger charge is -2.26. The number of nitrogens with one attached hydrogen (secondary N) is 1. The Balaban J connectivity index is 1.52. The largest absolute Gasteiger partial charge is 0.348 e. The summed E-state index contributed by atoms with van der Waals surface area (Å²) in [6.07, 6.45) is 3.08. The fraction of sp³-hybridized carbons (Fsp3) is 0.261. The average Bonchev–Trinajstić information content (AvgIpc) is 3.02. The second-order valence-electron chi connectivity index (χ2n) is 7.66. The summed E-state index contributed by atoms with van der Waals surface area (Å²) in [4.78, 5) is 29.2. The Morgan fingerprint density at radius 1 is 1.17 bits per heavy atom. The normalized spacial score (nSPS) is 16.1. The van der Waals surface area contributed by atoms with E-state index in [1.807, 2.05) is 46.5 Å². The van der Waals surface area contributed by atoms with E-state index in [9.17, 15) is 9.59 Å².